The Kier molecular flexibility index (Phi) is 7.48. The van der Waals surface area contributed by atoms with E-state index in [9.17, 15) is 4.79 Å². The number of carbonyl (C=O) groups is 1. The summed E-state index contributed by atoms with van der Waals surface area (Å²) in [5, 5.41) is 3.33. The molecule has 0 aliphatic rings. The predicted octanol–water partition coefficient (Wildman–Crippen LogP) is 1.89. The van der Waals surface area contributed by atoms with Crippen LogP contribution in [-0.4, -0.2) is 49.2 Å². The molecule has 1 atom stereocenters. The van der Waals surface area contributed by atoms with E-state index in [1.54, 1.807) is 0 Å². The Morgan fingerprint density at radius 3 is 2.22 bits per heavy atom. The Balaban J connectivity index is 4.80. The van der Waals surface area contributed by atoms with Gasteiger partial charge in [-0.15, -0.1) is 0 Å². The second-order valence-corrected chi connectivity index (χ2v) is 5.84. The zero-order valence-corrected chi connectivity index (χ0v) is 13.0. The third kappa shape index (κ3) is 5.83. The van der Waals surface area contributed by atoms with Crippen molar-refractivity contribution in [3.63, 3.8) is 0 Å². The van der Waals surface area contributed by atoms with Crippen molar-refractivity contribution in [1.82, 2.24) is 10.2 Å². The van der Waals surface area contributed by atoms with E-state index in [1.807, 2.05) is 20.8 Å². The quantitative estimate of drug-likeness (QED) is 0.675. The zero-order chi connectivity index (χ0) is 14.3. The van der Waals surface area contributed by atoms with E-state index in [2.05, 4.69) is 31.0 Å². The standard InChI is InChI=1S/C14H30N2O2/c1-8-16(9-11(2)3)10-14(6,13(17)18-7)15-12(4)5/h11-12,15H,8-10H2,1-7H3. The predicted molar refractivity (Wildman–Crippen MR) is 75.6 cm³/mol. The number of likely N-dealkylation sites (N-methyl/N-ethyl adjacent to an activating group) is 1. The highest BCUT2D eigenvalue weighted by molar-refractivity contribution is 5.80. The van der Waals surface area contributed by atoms with Gasteiger partial charge in [0.05, 0.1) is 7.11 Å². The van der Waals surface area contributed by atoms with Gasteiger partial charge in [-0.25, -0.2) is 0 Å². The van der Waals surface area contributed by atoms with E-state index in [1.165, 1.54) is 7.11 Å². The number of rotatable bonds is 8. The molecule has 0 saturated carbocycles. The first-order valence-electron chi connectivity index (χ1n) is 6.83. The maximum absolute atomic E-state index is 12.0. The minimum absolute atomic E-state index is 0.196. The van der Waals surface area contributed by atoms with Gasteiger partial charge in [0.15, 0.2) is 0 Å². The minimum Gasteiger partial charge on any atom is -0.468 e. The number of ether oxygens (including phenoxy) is 1. The second-order valence-electron chi connectivity index (χ2n) is 5.84. The largest absolute Gasteiger partial charge is 0.468 e. The van der Waals surface area contributed by atoms with Gasteiger partial charge < -0.3 is 9.64 Å². The van der Waals surface area contributed by atoms with Crippen LogP contribution in [0.1, 0.15) is 41.5 Å². The topological polar surface area (TPSA) is 41.6 Å². The normalized spacial score (nSPS) is 15.2. The lowest BCUT2D eigenvalue weighted by atomic mass is 9.99. The van der Waals surface area contributed by atoms with Crippen LogP contribution in [0.3, 0.4) is 0 Å². The maximum Gasteiger partial charge on any atom is 0.327 e. The minimum atomic E-state index is -0.645. The first-order chi connectivity index (χ1) is 8.25. The number of hydrogen-bond donors (Lipinski definition) is 1. The highest BCUT2D eigenvalue weighted by Gasteiger charge is 2.36. The smallest absolute Gasteiger partial charge is 0.327 e. The Hall–Kier alpha value is -0.610. The van der Waals surface area contributed by atoms with Gasteiger partial charge in [0.2, 0.25) is 0 Å². The molecule has 0 amide bonds. The van der Waals surface area contributed by atoms with Crippen LogP contribution in [0.15, 0.2) is 0 Å². The fraction of sp³-hybridized carbons (Fsp3) is 0.929. The summed E-state index contributed by atoms with van der Waals surface area (Å²) in [6.45, 7) is 15.1. The molecule has 0 fully saturated rings. The molecule has 0 aromatic rings. The molecule has 0 bridgehead atoms. The highest BCUT2D eigenvalue weighted by Crippen LogP contribution is 2.12. The fourth-order valence-electron chi connectivity index (χ4n) is 2.30. The van der Waals surface area contributed by atoms with Crippen molar-refractivity contribution in [1.29, 1.82) is 0 Å². The van der Waals surface area contributed by atoms with Crippen LogP contribution >= 0.6 is 0 Å². The number of esters is 1. The molecule has 0 aromatic carbocycles. The number of methoxy groups -OCH3 is 1. The Morgan fingerprint density at radius 1 is 1.33 bits per heavy atom. The van der Waals surface area contributed by atoms with Crippen LogP contribution in [0.5, 0.6) is 0 Å². The molecule has 1 unspecified atom stereocenters. The molecule has 0 heterocycles. The molecule has 0 aromatic heterocycles. The van der Waals surface area contributed by atoms with Gasteiger partial charge in [0.1, 0.15) is 5.54 Å². The molecule has 0 rings (SSSR count). The summed E-state index contributed by atoms with van der Waals surface area (Å²) in [4.78, 5) is 14.3. The van der Waals surface area contributed by atoms with Gasteiger partial charge in [-0.2, -0.15) is 0 Å². The molecular formula is C14H30N2O2. The number of hydrogen-bond acceptors (Lipinski definition) is 4. The molecule has 0 saturated heterocycles. The number of nitrogens with zero attached hydrogens (tertiary/aromatic N) is 1. The molecule has 0 radical (unpaired) electrons. The molecule has 18 heavy (non-hydrogen) atoms. The average Bonchev–Trinajstić information content (AvgIpc) is 2.25. The molecule has 0 aliphatic carbocycles. The van der Waals surface area contributed by atoms with E-state index in [-0.39, 0.29) is 12.0 Å². The average molecular weight is 258 g/mol. The summed E-state index contributed by atoms with van der Waals surface area (Å²) >= 11 is 0. The monoisotopic (exact) mass is 258 g/mol. The van der Waals surface area contributed by atoms with Crippen LogP contribution in [-0.2, 0) is 9.53 Å². The molecule has 4 heteroatoms. The lowest BCUT2D eigenvalue weighted by molar-refractivity contribution is -0.149. The molecule has 1 N–H and O–H groups in total. The van der Waals surface area contributed by atoms with E-state index in [0.29, 0.717) is 12.5 Å². The van der Waals surface area contributed by atoms with Gasteiger partial charge in [0.25, 0.3) is 0 Å². The molecule has 0 aliphatic heterocycles. The molecule has 0 spiro atoms. The molecule has 108 valence electrons. The van der Waals surface area contributed by atoms with Crippen LogP contribution < -0.4 is 5.32 Å². The van der Waals surface area contributed by atoms with Crippen molar-refractivity contribution in [2.24, 2.45) is 5.92 Å². The highest BCUT2D eigenvalue weighted by atomic mass is 16.5. The van der Waals surface area contributed by atoms with Gasteiger partial charge in [0, 0.05) is 19.1 Å². The van der Waals surface area contributed by atoms with E-state index in [4.69, 9.17) is 4.74 Å². The summed E-state index contributed by atoms with van der Waals surface area (Å²) in [6, 6.07) is 0.242. The Bertz CT molecular complexity index is 254. The van der Waals surface area contributed by atoms with Crippen LogP contribution in [0.4, 0.5) is 0 Å². The van der Waals surface area contributed by atoms with Crippen LogP contribution in [0.2, 0.25) is 0 Å². The van der Waals surface area contributed by atoms with Crippen molar-refractivity contribution in [2.75, 3.05) is 26.7 Å². The van der Waals surface area contributed by atoms with Gasteiger partial charge in [-0.05, 0) is 33.2 Å². The van der Waals surface area contributed by atoms with Crippen molar-refractivity contribution in [2.45, 2.75) is 53.1 Å². The van der Waals surface area contributed by atoms with Crippen LogP contribution in [0, 0.1) is 5.92 Å². The third-order valence-electron chi connectivity index (χ3n) is 2.85. The Labute approximate surface area is 112 Å². The van der Waals surface area contributed by atoms with E-state index < -0.39 is 5.54 Å². The van der Waals surface area contributed by atoms with Crippen molar-refractivity contribution in [3.05, 3.63) is 0 Å². The summed E-state index contributed by atoms with van der Waals surface area (Å²) < 4.78 is 4.94. The van der Waals surface area contributed by atoms with Crippen molar-refractivity contribution >= 4 is 5.97 Å². The maximum atomic E-state index is 12.0. The molecular weight excluding hydrogens is 228 g/mol. The zero-order valence-electron chi connectivity index (χ0n) is 13.0. The molecule has 4 nitrogen and oxygen atoms in total. The van der Waals surface area contributed by atoms with Gasteiger partial charge in [-0.3, -0.25) is 10.1 Å². The Morgan fingerprint density at radius 2 is 1.89 bits per heavy atom. The lowest BCUT2D eigenvalue weighted by Gasteiger charge is -2.35. The number of carbonyl (C=O) groups excluding carboxylic acids is 1. The van der Waals surface area contributed by atoms with Crippen molar-refractivity contribution < 1.29 is 9.53 Å². The van der Waals surface area contributed by atoms with Crippen molar-refractivity contribution in [3.8, 4) is 0 Å². The number of nitrogens with one attached hydrogen (secondary N) is 1. The van der Waals surface area contributed by atoms with Gasteiger partial charge >= 0.3 is 5.97 Å². The van der Waals surface area contributed by atoms with E-state index >= 15 is 0 Å². The fourth-order valence-corrected chi connectivity index (χ4v) is 2.30. The summed E-state index contributed by atoms with van der Waals surface area (Å²) in [5.41, 5.74) is -0.645. The summed E-state index contributed by atoms with van der Waals surface area (Å²) in [7, 11) is 1.45. The summed E-state index contributed by atoms with van der Waals surface area (Å²) in [6.07, 6.45) is 0. The third-order valence-corrected chi connectivity index (χ3v) is 2.85. The van der Waals surface area contributed by atoms with E-state index in [0.717, 1.165) is 13.1 Å². The van der Waals surface area contributed by atoms with Crippen LogP contribution in [0.25, 0.3) is 0 Å². The second kappa shape index (κ2) is 7.74. The summed E-state index contributed by atoms with van der Waals surface area (Å²) in [5.74, 6) is 0.393. The lowest BCUT2D eigenvalue weighted by Crippen LogP contribution is -2.59. The van der Waals surface area contributed by atoms with Gasteiger partial charge in [-0.1, -0.05) is 20.8 Å². The first-order valence-corrected chi connectivity index (χ1v) is 6.83. The SMILES string of the molecule is CCN(CC(C)C)CC(C)(NC(C)C)C(=O)OC. The first kappa shape index (κ1) is 17.4.